The zero-order chi connectivity index (χ0) is 13.9. The van der Waals surface area contributed by atoms with Gasteiger partial charge in [0.25, 0.3) is 0 Å². The lowest BCUT2D eigenvalue weighted by atomic mass is 9.95. The van der Waals surface area contributed by atoms with Crippen molar-refractivity contribution < 1.29 is 9.53 Å². The number of carbonyl (C=O) groups is 1. The van der Waals surface area contributed by atoms with Crippen molar-refractivity contribution in [1.29, 1.82) is 0 Å². The van der Waals surface area contributed by atoms with Crippen LogP contribution in [0.2, 0.25) is 0 Å². The second-order valence-electron chi connectivity index (χ2n) is 6.14. The van der Waals surface area contributed by atoms with Crippen LogP contribution in [0, 0.1) is 0 Å². The van der Waals surface area contributed by atoms with Crippen LogP contribution in [-0.4, -0.2) is 18.1 Å². The van der Waals surface area contributed by atoms with Crippen LogP contribution >= 0.6 is 0 Å². The fraction of sp³-hybridized carbons (Fsp3) is 0.562. The fourth-order valence-electron chi connectivity index (χ4n) is 2.50. The highest BCUT2D eigenvalue weighted by Crippen LogP contribution is 2.34. The van der Waals surface area contributed by atoms with E-state index in [4.69, 9.17) is 4.74 Å². The highest BCUT2D eigenvalue weighted by molar-refractivity contribution is 5.69. The number of rotatable bonds is 4. The van der Waals surface area contributed by atoms with Crippen molar-refractivity contribution in [1.82, 2.24) is 0 Å². The summed E-state index contributed by atoms with van der Waals surface area (Å²) in [4.78, 5) is 11.6. The largest absolute Gasteiger partial charge is 0.460 e. The van der Waals surface area contributed by atoms with Gasteiger partial charge < -0.3 is 10.1 Å². The van der Waals surface area contributed by atoms with E-state index in [-0.39, 0.29) is 11.6 Å². The highest BCUT2D eigenvalue weighted by atomic mass is 16.6. The van der Waals surface area contributed by atoms with Crippen LogP contribution in [-0.2, 0) is 9.53 Å². The van der Waals surface area contributed by atoms with E-state index in [2.05, 4.69) is 29.6 Å². The molecule has 1 N–H and O–H groups in total. The van der Waals surface area contributed by atoms with Gasteiger partial charge in [0, 0.05) is 24.6 Å². The summed E-state index contributed by atoms with van der Waals surface area (Å²) >= 11 is 0. The van der Waals surface area contributed by atoms with Gasteiger partial charge in [0.15, 0.2) is 0 Å². The van der Waals surface area contributed by atoms with Crippen LogP contribution in [0.25, 0.3) is 0 Å². The number of nitrogens with one attached hydrogen (secondary N) is 1. The third-order valence-corrected chi connectivity index (χ3v) is 3.29. The Bertz CT molecular complexity index is 448. The predicted molar refractivity (Wildman–Crippen MR) is 77.4 cm³/mol. The third-order valence-electron chi connectivity index (χ3n) is 3.29. The molecule has 1 aliphatic rings. The Morgan fingerprint density at radius 1 is 1.37 bits per heavy atom. The molecular weight excluding hydrogens is 238 g/mol. The monoisotopic (exact) mass is 261 g/mol. The first kappa shape index (κ1) is 13.9. The molecule has 1 unspecified atom stereocenters. The first-order chi connectivity index (χ1) is 8.96. The van der Waals surface area contributed by atoms with Gasteiger partial charge in [0.05, 0.1) is 0 Å². The Kier molecular flexibility index (Phi) is 4.13. The molecule has 3 nitrogen and oxygen atoms in total. The lowest BCUT2D eigenvalue weighted by Crippen LogP contribution is -2.23. The van der Waals surface area contributed by atoms with E-state index in [1.807, 2.05) is 20.8 Å². The third kappa shape index (κ3) is 3.98. The van der Waals surface area contributed by atoms with Gasteiger partial charge in [-0.1, -0.05) is 18.2 Å². The van der Waals surface area contributed by atoms with Crippen molar-refractivity contribution in [3.63, 3.8) is 0 Å². The lowest BCUT2D eigenvalue weighted by Gasteiger charge is -2.19. The Labute approximate surface area is 115 Å². The van der Waals surface area contributed by atoms with E-state index in [1.54, 1.807) is 0 Å². The van der Waals surface area contributed by atoms with Gasteiger partial charge in [-0.05, 0) is 45.2 Å². The molecule has 0 saturated heterocycles. The van der Waals surface area contributed by atoms with Crippen LogP contribution in [0.3, 0.4) is 0 Å². The molecule has 0 spiro atoms. The summed E-state index contributed by atoms with van der Waals surface area (Å²) in [6.45, 7) is 6.69. The predicted octanol–water partition coefficient (Wildman–Crippen LogP) is 3.71. The molecule has 0 fully saturated rings. The molecule has 1 atom stereocenters. The maximum Gasteiger partial charge on any atom is 0.306 e. The molecule has 1 aromatic carbocycles. The zero-order valence-corrected chi connectivity index (χ0v) is 12.0. The number of anilines is 1. The average molecular weight is 261 g/mol. The molecule has 0 bridgehead atoms. The summed E-state index contributed by atoms with van der Waals surface area (Å²) in [5.41, 5.74) is 2.25. The maximum absolute atomic E-state index is 11.6. The number of hydrogen-bond donors (Lipinski definition) is 1. The normalized spacial score (nSPS) is 17.7. The maximum atomic E-state index is 11.6. The molecule has 0 amide bonds. The molecule has 3 heteroatoms. The Balaban J connectivity index is 1.77. The molecule has 2 rings (SSSR count). The molecule has 1 heterocycles. The number of esters is 1. The van der Waals surface area contributed by atoms with Gasteiger partial charge in [0.2, 0.25) is 0 Å². The molecular formula is C16H23NO2. The Hall–Kier alpha value is -1.51. The average Bonchev–Trinajstić information content (AvgIpc) is 2.70. The number of benzene rings is 1. The second-order valence-corrected chi connectivity index (χ2v) is 6.14. The van der Waals surface area contributed by atoms with Crippen LogP contribution in [0.15, 0.2) is 24.3 Å². The molecule has 1 aromatic rings. The summed E-state index contributed by atoms with van der Waals surface area (Å²) in [7, 11) is 0. The molecule has 0 aromatic heterocycles. The summed E-state index contributed by atoms with van der Waals surface area (Å²) in [6.07, 6.45) is 2.43. The second kappa shape index (κ2) is 5.64. The SMILES string of the molecule is CC(C)(C)OC(=O)CCCC1CNc2ccccc21. The Morgan fingerprint density at radius 3 is 2.84 bits per heavy atom. The van der Waals surface area contributed by atoms with Crippen LogP contribution in [0.5, 0.6) is 0 Å². The first-order valence-electron chi connectivity index (χ1n) is 7.00. The number of carbonyl (C=O) groups excluding carboxylic acids is 1. The minimum absolute atomic E-state index is 0.0910. The van der Waals surface area contributed by atoms with Crippen molar-refractivity contribution in [3.05, 3.63) is 29.8 Å². The topological polar surface area (TPSA) is 38.3 Å². The quantitative estimate of drug-likeness (QED) is 0.840. The molecule has 0 saturated carbocycles. The fourth-order valence-corrected chi connectivity index (χ4v) is 2.50. The molecule has 0 radical (unpaired) electrons. The van der Waals surface area contributed by atoms with Crippen molar-refractivity contribution in [2.24, 2.45) is 0 Å². The van der Waals surface area contributed by atoms with Crippen LogP contribution < -0.4 is 5.32 Å². The molecule has 19 heavy (non-hydrogen) atoms. The van der Waals surface area contributed by atoms with Crippen molar-refractivity contribution >= 4 is 11.7 Å². The van der Waals surface area contributed by atoms with E-state index in [1.165, 1.54) is 11.3 Å². The van der Waals surface area contributed by atoms with Gasteiger partial charge in [0.1, 0.15) is 5.60 Å². The van der Waals surface area contributed by atoms with Gasteiger partial charge >= 0.3 is 5.97 Å². The van der Waals surface area contributed by atoms with Crippen molar-refractivity contribution in [2.75, 3.05) is 11.9 Å². The van der Waals surface area contributed by atoms with E-state index >= 15 is 0 Å². The highest BCUT2D eigenvalue weighted by Gasteiger charge is 2.22. The zero-order valence-electron chi connectivity index (χ0n) is 12.0. The molecule has 1 aliphatic heterocycles. The van der Waals surface area contributed by atoms with Crippen LogP contribution in [0.1, 0.15) is 51.5 Å². The van der Waals surface area contributed by atoms with Gasteiger partial charge in [-0.2, -0.15) is 0 Å². The van der Waals surface area contributed by atoms with E-state index in [0.29, 0.717) is 12.3 Å². The van der Waals surface area contributed by atoms with Gasteiger partial charge in [-0.25, -0.2) is 0 Å². The standard InChI is InChI=1S/C16H23NO2/c1-16(2,3)19-15(18)10-6-7-12-11-17-14-9-5-4-8-13(12)14/h4-5,8-9,12,17H,6-7,10-11H2,1-3H3. The summed E-state index contributed by atoms with van der Waals surface area (Å²) in [6, 6.07) is 8.41. The summed E-state index contributed by atoms with van der Waals surface area (Å²) < 4.78 is 5.32. The van der Waals surface area contributed by atoms with Gasteiger partial charge in [-0.15, -0.1) is 0 Å². The molecule has 104 valence electrons. The number of hydrogen-bond acceptors (Lipinski definition) is 3. The van der Waals surface area contributed by atoms with Crippen LogP contribution in [0.4, 0.5) is 5.69 Å². The van der Waals surface area contributed by atoms with E-state index in [0.717, 1.165) is 19.4 Å². The number of ether oxygens (including phenoxy) is 1. The molecule has 0 aliphatic carbocycles. The van der Waals surface area contributed by atoms with Crippen molar-refractivity contribution in [2.45, 2.75) is 51.6 Å². The minimum Gasteiger partial charge on any atom is -0.460 e. The Morgan fingerprint density at radius 2 is 2.11 bits per heavy atom. The minimum atomic E-state index is -0.376. The number of para-hydroxylation sites is 1. The van der Waals surface area contributed by atoms with Gasteiger partial charge in [-0.3, -0.25) is 4.79 Å². The smallest absolute Gasteiger partial charge is 0.306 e. The summed E-state index contributed by atoms with van der Waals surface area (Å²) in [5, 5.41) is 3.41. The summed E-state index contributed by atoms with van der Waals surface area (Å²) in [5.74, 6) is 0.436. The lowest BCUT2D eigenvalue weighted by molar-refractivity contribution is -0.154. The van der Waals surface area contributed by atoms with Crippen molar-refractivity contribution in [3.8, 4) is 0 Å². The first-order valence-corrected chi connectivity index (χ1v) is 7.00. The van der Waals surface area contributed by atoms with E-state index in [9.17, 15) is 4.79 Å². The van der Waals surface area contributed by atoms with E-state index < -0.39 is 0 Å². The number of fused-ring (bicyclic) bond motifs is 1.